The molecule has 1 saturated heterocycles. The van der Waals surface area contributed by atoms with Gasteiger partial charge >= 0.3 is 6.18 Å². The van der Waals surface area contributed by atoms with Crippen molar-refractivity contribution in [3.05, 3.63) is 0 Å². The molecule has 1 heterocycles. The predicted octanol–water partition coefficient (Wildman–Crippen LogP) is 1.98. The second-order valence-electron chi connectivity index (χ2n) is 5.63. The van der Waals surface area contributed by atoms with E-state index in [9.17, 15) is 21.6 Å². The minimum Gasteiger partial charge on any atom is -0.313 e. The standard InChI is InChI=1S/C12H23F3N2O2S/c1-9(2)16-8-10(3)20(18,19)17-6-4-11(5-7-17)12(13,14)15/h9-11,16H,4-8H2,1-3H3. The van der Waals surface area contributed by atoms with Crippen LogP contribution in [-0.2, 0) is 10.0 Å². The van der Waals surface area contributed by atoms with Crippen LogP contribution in [0.3, 0.4) is 0 Å². The van der Waals surface area contributed by atoms with Crippen LogP contribution in [0.5, 0.6) is 0 Å². The monoisotopic (exact) mass is 316 g/mol. The number of halogens is 3. The van der Waals surface area contributed by atoms with Crippen molar-refractivity contribution in [2.75, 3.05) is 19.6 Å². The van der Waals surface area contributed by atoms with Crippen LogP contribution in [0.15, 0.2) is 0 Å². The van der Waals surface area contributed by atoms with Gasteiger partial charge in [-0.05, 0) is 19.8 Å². The molecular weight excluding hydrogens is 293 g/mol. The molecule has 0 saturated carbocycles. The van der Waals surface area contributed by atoms with Gasteiger partial charge in [0.25, 0.3) is 0 Å². The van der Waals surface area contributed by atoms with E-state index in [-0.39, 0.29) is 32.0 Å². The van der Waals surface area contributed by atoms with Crippen LogP contribution in [-0.4, -0.2) is 49.8 Å². The normalized spacial score (nSPS) is 21.4. The summed E-state index contributed by atoms with van der Waals surface area (Å²) in [5.74, 6) is -1.38. The van der Waals surface area contributed by atoms with Crippen molar-refractivity contribution in [3.8, 4) is 0 Å². The molecule has 4 nitrogen and oxygen atoms in total. The molecular formula is C12H23F3N2O2S. The van der Waals surface area contributed by atoms with Crippen LogP contribution in [0, 0.1) is 5.92 Å². The topological polar surface area (TPSA) is 49.4 Å². The number of hydrogen-bond donors (Lipinski definition) is 1. The highest BCUT2D eigenvalue weighted by molar-refractivity contribution is 7.89. The highest BCUT2D eigenvalue weighted by Gasteiger charge is 2.43. The van der Waals surface area contributed by atoms with Crippen molar-refractivity contribution >= 4 is 10.0 Å². The Kier molecular flexibility index (Phi) is 5.86. The Morgan fingerprint density at radius 3 is 2.10 bits per heavy atom. The molecule has 0 spiro atoms. The van der Waals surface area contributed by atoms with E-state index in [1.54, 1.807) is 6.92 Å². The second kappa shape index (κ2) is 6.62. The van der Waals surface area contributed by atoms with Gasteiger partial charge in [0.1, 0.15) is 0 Å². The quantitative estimate of drug-likeness (QED) is 0.844. The largest absolute Gasteiger partial charge is 0.391 e. The second-order valence-corrected chi connectivity index (χ2v) is 7.98. The van der Waals surface area contributed by atoms with Crippen molar-refractivity contribution in [1.82, 2.24) is 9.62 Å². The zero-order valence-electron chi connectivity index (χ0n) is 12.1. The maximum atomic E-state index is 12.6. The van der Waals surface area contributed by atoms with Crippen LogP contribution >= 0.6 is 0 Å². The highest BCUT2D eigenvalue weighted by Crippen LogP contribution is 2.35. The Balaban J connectivity index is 2.58. The fourth-order valence-electron chi connectivity index (χ4n) is 2.20. The first-order valence-corrected chi connectivity index (χ1v) is 8.34. The summed E-state index contributed by atoms with van der Waals surface area (Å²) in [7, 11) is -3.52. The lowest BCUT2D eigenvalue weighted by atomic mass is 9.98. The first kappa shape index (κ1) is 17.7. The van der Waals surface area contributed by atoms with Gasteiger partial charge in [0.2, 0.25) is 10.0 Å². The predicted molar refractivity (Wildman–Crippen MR) is 71.9 cm³/mol. The van der Waals surface area contributed by atoms with Crippen molar-refractivity contribution in [2.45, 2.75) is 51.1 Å². The van der Waals surface area contributed by atoms with E-state index in [0.717, 1.165) is 0 Å². The maximum Gasteiger partial charge on any atom is 0.391 e. The zero-order chi connectivity index (χ0) is 15.6. The number of nitrogens with one attached hydrogen (secondary N) is 1. The van der Waals surface area contributed by atoms with Gasteiger partial charge in [-0.3, -0.25) is 0 Å². The number of nitrogens with zero attached hydrogens (tertiary/aromatic N) is 1. The Morgan fingerprint density at radius 1 is 1.20 bits per heavy atom. The Morgan fingerprint density at radius 2 is 1.70 bits per heavy atom. The number of hydrogen-bond acceptors (Lipinski definition) is 3. The molecule has 0 amide bonds. The molecule has 120 valence electrons. The summed E-state index contributed by atoms with van der Waals surface area (Å²) in [5, 5.41) is 2.41. The third-order valence-electron chi connectivity index (χ3n) is 3.60. The third-order valence-corrected chi connectivity index (χ3v) is 5.87. The van der Waals surface area contributed by atoms with E-state index >= 15 is 0 Å². The molecule has 0 bridgehead atoms. The molecule has 0 aromatic carbocycles. The summed E-state index contributed by atoms with van der Waals surface area (Å²) in [4.78, 5) is 0. The summed E-state index contributed by atoms with van der Waals surface area (Å²) in [5.41, 5.74) is 0. The number of piperidine rings is 1. The lowest BCUT2D eigenvalue weighted by Crippen LogP contribution is -2.47. The zero-order valence-corrected chi connectivity index (χ0v) is 12.9. The van der Waals surface area contributed by atoms with Gasteiger partial charge in [-0.2, -0.15) is 13.2 Å². The van der Waals surface area contributed by atoms with Gasteiger partial charge in [-0.1, -0.05) is 13.8 Å². The molecule has 0 aromatic heterocycles. The van der Waals surface area contributed by atoms with E-state index in [0.29, 0.717) is 6.54 Å². The van der Waals surface area contributed by atoms with Crippen molar-refractivity contribution in [2.24, 2.45) is 5.92 Å². The van der Waals surface area contributed by atoms with Crippen molar-refractivity contribution in [1.29, 1.82) is 0 Å². The fourth-order valence-corrected chi connectivity index (χ4v) is 3.73. The molecule has 0 radical (unpaired) electrons. The van der Waals surface area contributed by atoms with Gasteiger partial charge in [0, 0.05) is 25.7 Å². The molecule has 20 heavy (non-hydrogen) atoms. The van der Waals surface area contributed by atoms with E-state index in [1.807, 2.05) is 13.8 Å². The Labute approximate surface area is 118 Å². The SMILES string of the molecule is CC(C)NCC(C)S(=O)(=O)N1CCC(C(F)(F)F)CC1. The summed E-state index contributed by atoms with van der Waals surface area (Å²) in [6.45, 7) is 5.62. The summed E-state index contributed by atoms with van der Waals surface area (Å²) in [6.07, 6.45) is -4.51. The maximum absolute atomic E-state index is 12.6. The van der Waals surface area contributed by atoms with E-state index < -0.39 is 27.4 Å². The van der Waals surface area contributed by atoms with Gasteiger partial charge < -0.3 is 5.32 Å². The molecule has 1 atom stereocenters. The van der Waals surface area contributed by atoms with Gasteiger partial charge in [-0.15, -0.1) is 0 Å². The molecule has 1 unspecified atom stereocenters. The molecule has 1 fully saturated rings. The van der Waals surface area contributed by atoms with Gasteiger partial charge in [-0.25, -0.2) is 12.7 Å². The highest BCUT2D eigenvalue weighted by atomic mass is 32.2. The molecule has 1 aliphatic rings. The van der Waals surface area contributed by atoms with Gasteiger partial charge in [0.15, 0.2) is 0 Å². The minimum absolute atomic E-state index is 0.0431. The molecule has 8 heteroatoms. The smallest absolute Gasteiger partial charge is 0.313 e. The molecule has 1 aliphatic heterocycles. The Bertz CT molecular complexity index is 401. The van der Waals surface area contributed by atoms with Crippen molar-refractivity contribution < 1.29 is 21.6 Å². The lowest BCUT2D eigenvalue weighted by Gasteiger charge is -2.33. The molecule has 0 aromatic rings. The summed E-state index contributed by atoms with van der Waals surface area (Å²) in [6, 6.07) is 0.170. The van der Waals surface area contributed by atoms with E-state index in [1.165, 1.54) is 4.31 Å². The molecule has 1 rings (SSSR count). The minimum atomic E-state index is -4.22. The number of alkyl halides is 3. The van der Waals surface area contributed by atoms with Crippen LogP contribution in [0.4, 0.5) is 13.2 Å². The summed E-state index contributed by atoms with van der Waals surface area (Å²) >= 11 is 0. The van der Waals surface area contributed by atoms with E-state index in [4.69, 9.17) is 0 Å². The van der Waals surface area contributed by atoms with Crippen molar-refractivity contribution in [3.63, 3.8) is 0 Å². The van der Waals surface area contributed by atoms with E-state index in [2.05, 4.69) is 5.32 Å². The third kappa shape index (κ3) is 4.60. The lowest BCUT2D eigenvalue weighted by molar-refractivity contribution is -0.182. The van der Waals surface area contributed by atoms with Crippen LogP contribution in [0.2, 0.25) is 0 Å². The van der Waals surface area contributed by atoms with Crippen LogP contribution in [0.25, 0.3) is 0 Å². The number of rotatable bonds is 5. The molecule has 0 aliphatic carbocycles. The Hall–Kier alpha value is -0.340. The summed E-state index contributed by atoms with van der Waals surface area (Å²) < 4.78 is 63.4. The molecule has 1 N–H and O–H groups in total. The van der Waals surface area contributed by atoms with Gasteiger partial charge in [0.05, 0.1) is 11.2 Å². The van der Waals surface area contributed by atoms with Crippen LogP contribution in [0.1, 0.15) is 33.6 Å². The van der Waals surface area contributed by atoms with Crippen LogP contribution < -0.4 is 5.32 Å². The number of sulfonamides is 1. The average molecular weight is 316 g/mol. The first-order chi connectivity index (χ1) is 9.05. The first-order valence-electron chi connectivity index (χ1n) is 6.84. The fraction of sp³-hybridized carbons (Fsp3) is 1.00. The average Bonchev–Trinajstić information content (AvgIpc) is 2.34.